The van der Waals surface area contributed by atoms with Gasteiger partial charge in [-0.2, -0.15) is 0 Å². The second-order valence-electron chi connectivity index (χ2n) is 4.82. The average molecular weight is 268 g/mol. The second kappa shape index (κ2) is 7.94. The molecule has 0 spiro atoms. The lowest BCUT2D eigenvalue weighted by Crippen LogP contribution is -2.53. The predicted octanol–water partition coefficient (Wildman–Crippen LogP) is 0.831. The van der Waals surface area contributed by atoms with Gasteiger partial charge < -0.3 is 15.3 Å². The number of amides is 2. The first-order valence-electron chi connectivity index (χ1n) is 6.98. The lowest BCUT2D eigenvalue weighted by Gasteiger charge is -2.35. The molecular weight excluding hydrogens is 244 g/mol. The van der Waals surface area contributed by atoms with Crippen molar-refractivity contribution in [2.75, 3.05) is 13.6 Å². The van der Waals surface area contributed by atoms with E-state index in [0.717, 1.165) is 25.7 Å². The number of carbonyl (C=O) groups is 2. The Morgan fingerprint density at radius 1 is 1.47 bits per heavy atom. The number of nitrogens with zero attached hydrogens (tertiary/aromatic N) is 1. The number of hydrogen-bond acceptors (Lipinski definition) is 3. The maximum Gasteiger partial charge on any atom is 0.256 e. The molecule has 1 rings (SSSR count). The number of likely N-dealkylation sites (tertiary alicyclic amines) is 1. The fourth-order valence-corrected chi connectivity index (χ4v) is 2.28. The summed E-state index contributed by atoms with van der Waals surface area (Å²) in [6.45, 7) is 2.57. The summed E-state index contributed by atoms with van der Waals surface area (Å²) in [6.07, 6.45) is 6.47. The van der Waals surface area contributed by atoms with E-state index >= 15 is 0 Å². The summed E-state index contributed by atoms with van der Waals surface area (Å²) in [7, 11) is 1.57. The molecule has 1 saturated heterocycles. The topological polar surface area (TPSA) is 69.6 Å². The number of aliphatic hydroxyl groups excluding tert-OH is 1. The van der Waals surface area contributed by atoms with Gasteiger partial charge in [-0.15, -0.1) is 0 Å². The van der Waals surface area contributed by atoms with Gasteiger partial charge in [0.2, 0.25) is 5.91 Å². The van der Waals surface area contributed by atoms with E-state index < -0.39 is 12.1 Å². The summed E-state index contributed by atoms with van der Waals surface area (Å²) in [5.41, 5.74) is 0. The first-order chi connectivity index (χ1) is 9.11. The zero-order valence-corrected chi connectivity index (χ0v) is 11.8. The van der Waals surface area contributed by atoms with Crippen LogP contribution in [0.4, 0.5) is 0 Å². The number of unbranched alkanes of at least 4 members (excludes halogenated alkanes) is 1. The minimum atomic E-state index is -1.14. The second-order valence-corrected chi connectivity index (χ2v) is 4.82. The highest BCUT2D eigenvalue weighted by Crippen LogP contribution is 2.18. The minimum absolute atomic E-state index is 0.155. The van der Waals surface area contributed by atoms with Crippen molar-refractivity contribution in [2.45, 2.75) is 51.2 Å². The van der Waals surface area contributed by atoms with Crippen LogP contribution in [0.2, 0.25) is 0 Å². The van der Waals surface area contributed by atoms with Crippen molar-refractivity contribution in [1.29, 1.82) is 0 Å². The number of carbonyl (C=O) groups excluding carboxylic acids is 2. The molecule has 1 aliphatic heterocycles. The Morgan fingerprint density at radius 3 is 2.84 bits per heavy atom. The molecule has 0 saturated carbocycles. The number of rotatable bonds is 5. The van der Waals surface area contributed by atoms with Gasteiger partial charge >= 0.3 is 0 Å². The van der Waals surface area contributed by atoms with Crippen LogP contribution in [0.25, 0.3) is 0 Å². The van der Waals surface area contributed by atoms with E-state index in [-0.39, 0.29) is 11.8 Å². The first kappa shape index (κ1) is 15.7. The molecule has 5 heteroatoms. The first-order valence-corrected chi connectivity index (χ1v) is 6.98. The Bertz CT molecular complexity index is 342. The lowest BCUT2D eigenvalue weighted by molar-refractivity contribution is -0.147. The van der Waals surface area contributed by atoms with Crippen LogP contribution in [0, 0.1) is 0 Å². The Labute approximate surface area is 114 Å². The van der Waals surface area contributed by atoms with Gasteiger partial charge in [0.25, 0.3) is 5.91 Å². The zero-order chi connectivity index (χ0) is 14.3. The minimum Gasteiger partial charge on any atom is -0.379 e. The fraction of sp³-hybridized carbons (Fsp3) is 0.714. The molecule has 19 heavy (non-hydrogen) atoms. The van der Waals surface area contributed by atoms with Crippen molar-refractivity contribution in [3.8, 4) is 0 Å². The van der Waals surface area contributed by atoms with Crippen LogP contribution in [0.1, 0.15) is 39.0 Å². The van der Waals surface area contributed by atoms with Crippen molar-refractivity contribution < 1.29 is 14.7 Å². The van der Waals surface area contributed by atoms with Crippen molar-refractivity contribution >= 4 is 11.8 Å². The molecule has 2 unspecified atom stereocenters. The molecule has 108 valence electrons. The van der Waals surface area contributed by atoms with Crippen LogP contribution < -0.4 is 5.32 Å². The summed E-state index contributed by atoms with van der Waals surface area (Å²) in [4.78, 5) is 25.4. The largest absolute Gasteiger partial charge is 0.379 e. The zero-order valence-electron chi connectivity index (χ0n) is 11.8. The number of allylic oxidation sites excluding steroid dienone is 1. The van der Waals surface area contributed by atoms with Gasteiger partial charge in [0.15, 0.2) is 6.10 Å². The van der Waals surface area contributed by atoms with E-state index in [4.69, 9.17) is 0 Å². The van der Waals surface area contributed by atoms with Gasteiger partial charge in [-0.25, -0.2) is 0 Å². The smallest absolute Gasteiger partial charge is 0.256 e. The molecule has 5 nitrogen and oxygen atoms in total. The van der Waals surface area contributed by atoms with Crippen LogP contribution in [-0.4, -0.2) is 47.6 Å². The van der Waals surface area contributed by atoms with Crippen molar-refractivity contribution in [1.82, 2.24) is 10.2 Å². The average Bonchev–Trinajstić information content (AvgIpc) is 2.45. The fourth-order valence-electron chi connectivity index (χ4n) is 2.28. The quantitative estimate of drug-likeness (QED) is 0.726. The van der Waals surface area contributed by atoms with E-state index in [1.165, 1.54) is 11.0 Å². The predicted molar refractivity (Wildman–Crippen MR) is 73.5 cm³/mol. The number of likely N-dealkylation sites (N-methyl/N-ethyl adjacent to an activating group) is 1. The molecule has 2 atom stereocenters. The molecule has 0 bridgehead atoms. The van der Waals surface area contributed by atoms with Crippen LogP contribution in [0.5, 0.6) is 0 Å². The molecule has 0 radical (unpaired) electrons. The molecule has 1 aliphatic rings. The highest BCUT2D eigenvalue weighted by Gasteiger charge is 2.33. The summed E-state index contributed by atoms with van der Waals surface area (Å²) >= 11 is 0. The van der Waals surface area contributed by atoms with Crippen LogP contribution in [0.15, 0.2) is 12.2 Å². The van der Waals surface area contributed by atoms with Gasteiger partial charge in [-0.3, -0.25) is 9.59 Å². The third-order valence-electron chi connectivity index (χ3n) is 3.36. The third kappa shape index (κ3) is 4.35. The maximum absolute atomic E-state index is 12.2. The van der Waals surface area contributed by atoms with Crippen LogP contribution in [-0.2, 0) is 9.59 Å². The Morgan fingerprint density at radius 2 is 2.21 bits per heavy atom. The highest BCUT2D eigenvalue weighted by molar-refractivity contribution is 5.90. The van der Waals surface area contributed by atoms with Crippen molar-refractivity contribution in [3.05, 3.63) is 12.2 Å². The molecular formula is C14H24N2O3. The van der Waals surface area contributed by atoms with E-state index in [2.05, 4.69) is 5.32 Å². The Kier molecular flexibility index (Phi) is 6.56. The van der Waals surface area contributed by atoms with Crippen LogP contribution >= 0.6 is 0 Å². The third-order valence-corrected chi connectivity index (χ3v) is 3.36. The molecule has 1 heterocycles. The summed E-state index contributed by atoms with van der Waals surface area (Å²) in [5, 5.41) is 12.4. The maximum atomic E-state index is 12.2. The Balaban J connectivity index is 2.68. The van der Waals surface area contributed by atoms with Gasteiger partial charge in [-0.1, -0.05) is 25.5 Å². The van der Waals surface area contributed by atoms with Gasteiger partial charge in [-0.05, 0) is 25.7 Å². The summed E-state index contributed by atoms with van der Waals surface area (Å²) in [5.74, 6) is -0.529. The molecule has 1 fully saturated rings. The number of nitrogens with one attached hydrogen (secondary N) is 1. The summed E-state index contributed by atoms with van der Waals surface area (Å²) in [6, 6.07) is -0.444. The summed E-state index contributed by atoms with van der Waals surface area (Å²) < 4.78 is 0. The molecule has 0 aromatic rings. The van der Waals surface area contributed by atoms with E-state index in [0.29, 0.717) is 13.0 Å². The molecule has 2 N–H and O–H groups in total. The lowest BCUT2D eigenvalue weighted by atomic mass is 10.0. The monoisotopic (exact) mass is 268 g/mol. The number of hydrogen-bond donors (Lipinski definition) is 2. The standard InChI is InChI=1S/C14H24N2O3/c1-3-4-5-9-12(17)14(19)16-10-7-6-8-11(16)13(18)15-2/h5,9,11-12,17H,3-4,6-8,10H2,1-2H3,(H,15,18)/b9-5+. The number of piperidine rings is 1. The van der Waals surface area contributed by atoms with Crippen LogP contribution in [0.3, 0.4) is 0 Å². The normalized spacial score (nSPS) is 21.4. The molecule has 0 aromatic heterocycles. The molecule has 2 amide bonds. The van der Waals surface area contributed by atoms with Crippen molar-refractivity contribution in [2.24, 2.45) is 0 Å². The molecule has 0 aromatic carbocycles. The number of aliphatic hydroxyl groups is 1. The molecule has 0 aliphatic carbocycles. The Hall–Kier alpha value is -1.36. The van der Waals surface area contributed by atoms with E-state index in [1.54, 1.807) is 13.1 Å². The SMILES string of the molecule is CCC/C=C/C(O)C(=O)N1CCCCC1C(=O)NC. The van der Waals surface area contributed by atoms with Gasteiger partial charge in [0.05, 0.1) is 0 Å². The highest BCUT2D eigenvalue weighted by atomic mass is 16.3. The van der Waals surface area contributed by atoms with E-state index in [9.17, 15) is 14.7 Å². The van der Waals surface area contributed by atoms with E-state index in [1.807, 2.05) is 6.92 Å². The van der Waals surface area contributed by atoms with Gasteiger partial charge in [0.1, 0.15) is 6.04 Å². The van der Waals surface area contributed by atoms with Crippen molar-refractivity contribution in [3.63, 3.8) is 0 Å². The van der Waals surface area contributed by atoms with Gasteiger partial charge in [0, 0.05) is 13.6 Å².